The van der Waals surface area contributed by atoms with E-state index in [4.69, 9.17) is 0 Å². The quantitative estimate of drug-likeness (QED) is 0.344. The number of nitrogens with zero attached hydrogens (tertiary/aromatic N) is 2. The molecule has 2 unspecified atom stereocenters. The maximum Gasteiger partial charge on any atom is 0.264 e. The molecule has 0 aliphatic heterocycles. The summed E-state index contributed by atoms with van der Waals surface area (Å²) >= 11 is 3.37. The molecule has 0 fully saturated rings. The number of hydrogen-bond donors (Lipinski definition) is 1. The van der Waals surface area contributed by atoms with Gasteiger partial charge in [-0.3, -0.25) is 13.9 Å². The lowest BCUT2D eigenvalue weighted by Gasteiger charge is -2.32. The zero-order valence-corrected chi connectivity index (χ0v) is 23.6. The van der Waals surface area contributed by atoms with Crippen LogP contribution in [0, 0.1) is 0 Å². The van der Waals surface area contributed by atoms with Gasteiger partial charge in [-0.2, -0.15) is 0 Å². The second-order valence-corrected chi connectivity index (χ2v) is 11.6. The lowest BCUT2D eigenvalue weighted by Crippen LogP contribution is -2.52. The van der Waals surface area contributed by atoms with E-state index in [2.05, 4.69) is 21.2 Å². The first-order valence-corrected chi connectivity index (χ1v) is 14.3. The van der Waals surface area contributed by atoms with Crippen molar-refractivity contribution in [2.75, 3.05) is 10.8 Å². The number of sulfonamides is 1. The zero-order valence-electron chi connectivity index (χ0n) is 21.2. The Labute approximate surface area is 227 Å². The van der Waals surface area contributed by atoms with Crippen molar-refractivity contribution in [3.05, 3.63) is 95.0 Å². The molecule has 37 heavy (non-hydrogen) atoms. The van der Waals surface area contributed by atoms with Gasteiger partial charge in [0.2, 0.25) is 11.8 Å². The molecule has 0 radical (unpaired) electrons. The van der Waals surface area contributed by atoms with E-state index in [0.717, 1.165) is 20.8 Å². The van der Waals surface area contributed by atoms with E-state index in [1.54, 1.807) is 49.4 Å². The minimum Gasteiger partial charge on any atom is -0.352 e. The summed E-state index contributed by atoms with van der Waals surface area (Å²) in [6, 6.07) is 23.2. The first kappa shape index (κ1) is 28.4. The fourth-order valence-corrected chi connectivity index (χ4v) is 5.38. The number of halogens is 1. The summed E-state index contributed by atoms with van der Waals surface area (Å²) < 4.78 is 29.2. The van der Waals surface area contributed by atoms with Crippen LogP contribution in [0.5, 0.6) is 0 Å². The number of hydrogen-bond acceptors (Lipinski definition) is 4. The Morgan fingerprint density at radius 3 is 2.03 bits per heavy atom. The Balaban J connectivity index is 1.99. The molecule has 3 aromatic rings. The van der Waals surface area contributed by atoms with Gasteiger partial charge in [-0.05, 0) is 62.2 Å². The number of amides is 2. The van der Waals surface area contributed by atoms with Crippen LogP contribution >= 0.6 is 15.9 Å². The molecule has 0 bridgehead atoms. The highest BCUT2D eigenvalue weighted by molar-refractivity contribution is 9.10. The van der Waals surface area contributed by atoms with Gasteiger partial charge in [0, 0.05) is 17.1 Å². The van der Waals surface area contributed by atoms with Crippen molar-refractivity contribution in [1.29, 1.82) is 0 Å². The molecule has 9 heteroatoms. The molecule has 0 aliphatic rings. The molecule has 2 atom stereocenters. The average Bonchev–Trinajstić information content (AvgIpc) is 2.91. The molecule has 0 saturated carbocycles. The van der Waals surface area contributed by atoms with E-state index in [-0.39, 0.29) is 23.4 Å². The first-order chi connectivity index (χ1) is 17.6. The highest BCUT2D eigenvalue weighted by Crippen LogP contribution is 2.26. The van der Waals surface area contributed by atoms with E-state index in [9.17, 15) is 18.0 Å². The predicted molar refractivity (Wildman–Crippen MR) is 149 cm³/mol. The number of benzene rings is 3. The van der Waals surface area contributed by atoms with E-state index in [0.29, 0.717) is 5.69 Å². The molecular weight excluding hydrogens is 554 g/mol. The standard InChI is InChI=1S/C28H32BrN3O4S/c1-4-21(2)30-28(34)22(3)31(19-23-11-7-5-8-12-23)27(33)20-32(25-17-15-24(29)16-18-25)37(35,36)26-13-9-6-10-14-26/h5-18,21-22H,4,19-20H2,1-3H3,(H,30,34). The van der Waals surface area contributed by atoms with Crippen LogP contribution in [0.3, 0.4) is 0 Å². The number of carbonyl (C=O) groups excluding carboxylic acids is 2. The summed E-state index contributed by atoms with van der Waals surface area (Å²) in [5.41, 5.74) is 1.18. The molecule has 1 N–H and O–H groups in total. The van der Waals surface area contributed by atoms with Crippen LogP contribution < -0.4 is 9.62 Å². The molecule has 0 aliphatic carbocycles. The number of anilines is 1. The van der Waals surface area contributed by atoms with Crippen molar-refractivity contribution in [3.63, 3.8) is 0 Å². The Morgan fingerprint density at radius 2 is 1.46 bits per heavy atom. The Hall–Kier alpha value is -3.17. The van der Waals surface area contributed by atoms with Gasteiger partial charge in [-0.1, -0.05) is 71.4 Å². The Kier molecular flexibility index (Phi) is 9.88. The van der Waals surface area contributed by atoms with Crippen LogP contribution in [0.15, 0.2) is 94.3 Å². The van der Waals surface area contributed by atoms with Crippen LogP contribution in [0.4, 0.5) is 5.69 Å². The van der Waals surface area contributed by atoms with Crippen LogP contribution in [0.25, 0.3) is 0 Å². The molecular formula is C28H32BrN3O4S. The van der Waals surface area contributed by atoms with E-state index >= 15 is 0 Å². The van der Waals surface area contributed by atoms with Gasteiger partial charge in [0.05, 0.1) is 10.6 Å². The number of carbonyl (C=O) groups is 2. The van der Waals surface area contributed by atoms with E-state index in [1.807, 2.05) is 44.2 Å². The fraction of sp³-hybridized carbons (Fsp3) is 0.286. The minimum atomic E-state index is -4.07. The number of nitrogens with one attached hydrogen (secondary N) is 1. The third-order valence-electron chi connectivity index (χ3n) is 6.09. The number of rotatable bonds is 11. The Morgan fingerprint density at radius 1 is 0.892 bits per heavy atom. The largest absolute Gasteiger partial charge is 0.352 e. The highest BCUT2D eigenvalue weighted by Gasteiger charge is 2.32. The van der Waals surface area contributed by atoms with Crippen molar-refractivity contribution in [2.24, 2.45) is 0 Å². The molecule has 0 aromatic heterocycles. The Bertz CT molecular complexity index is 1290. The normalized spacial score (nSPS) is 12.9. The van der Waals surface area contributed by atoms with Gasteiger partial charge in [0.25, 0.3) is 10.0 Å². The third kappa shape index (κ3) is 7.42. The SMILES string of the molecule is CCC(C)NC(=O)C(C)N(Cc1ccccc1)C(=O)CN(c1ccc(Br)cc1)S(=O)(=O)c1ccccc1. The summed E-state index contributed by atoms with van der Waals surface area (Å²) in [5, 5.41) is 2.93. The maximum atomic E-state index is 13.8. The monoisotopic (exact) mass is 585 g/mol. The van der Waals surface area contributed by atoms with Crippen molar-refractivity contribution in [2.45, 2.75) is 50.7 Å². The van der Waals surface area contributed by atoms with Crippen LogP contribution in [0.2, 0.25) is 0 Å². The van der Waals surface area contributed by atoms with Crippen molar-refractivity contribution in [3.8, 4) is 0 Å². The second kappa shape index (κ2) is 12.9. The summed E-state index contributed by atoms with van der Waals surface area (Å²) in [5.74, 6) is -0.780. The van der Waals surface area contributed by atoms with Gasteiger partial charge in [-0.15, -0.1) is 0 Å². The predicted octanol–water partition coefficient (Wildman–Crippen LogP) is 4.98. The van der Waals surface area contributed by atoms with Crippen LogP contribution in [-0.4, -0.2) is 43.8 Å². The van der Waals surface area contributed by atoms with Crippen molar-refractivity contribution >= 4 is 43.5 Å². The van der Waals surface area contributed by atoms with Gasteiger partial charge >= 0.3 is 0 Å². The molecule has 0 spiro atoms. The third-order valence-corrected chi connectivity index (χ3v) is 8.41. The van der Waals surface area contributed by atoms with Gasteiger partial charge < -0.3 is 10.2 Å². The average molecular weight is 587 g/mol. The lowest BCUT2D eigenvalue weighted by molar-refractivity contribution is -0.139. The molecule has 0 saturated heterocycles. The molecule has 7 nitrogen and oxygen atoms in total. The summed E-state index contributed by atoms with van der Waals surface area (Å²) in [6.45, 7) is 5.22. The lowest BCUT2D eigenvalue weighted by atomic mass is 10.1. The van der Waals surface area contributed by atoms with Crippen molar-refractivity contribution in [1.82, 2.24) is 10.2 Å². The fourth-order valence-electron chi connectivity index (χ4n) is 3.68. The van der Waals surface area contributed by atoms with Crippen molar-refractivity contribution < 1.29 is 18.0 Å². The summed E-state index contributed by atoms with van der Waals surface area (Å²) in [4.78, 5) is 28.3. The summed E-state index contributed by atoms with van der Waals surface area (Å²) in [6.07, 6.45) is 0.748. The molecule has 2 amide bonds. The smallest absolute Gasteiger partial charge is 0.264 e. The van der Waals surface area contributed by atoms with Crippen LogP contribution in [0.1, 0.15) is 32.8 Å². The van der Waals surface area contributed by atoms with E-state index < -0.39 is 28.5 Å². The second-order valence-electron chi connectivity index (χ2n) is 8.80. The maximum absolute atomic E-state index is 13.8. The first-order valence-electron chi connectivity index (χ1n) is 12.1. The molecule has 196 valence electrons. The molecule has 3 aromatic carbocycles. The van der Waals surface area contributed by atoms with Gasteiger partial charge in [0.15, 0.2) is 0 Å². The van der Waals surface area contributed by atoms with Gasteiger partial charge in [-0.25, -0.2) is 8.42 Å². The highest BCUT2D eigenvalue weighted by atomic mass is 79.9. The van der Waals surface area contributed by atoms with Gasteiger partial charge in [0.1, 0.15) is 12.6 Å². The molecule has 0 heterocycles. The topological polar surface area (TPSA) is 86.8 Å². The summed E-state index contributed by atoms with van der Waals surface area (Å²) in [7, 11) is -4.07. The minimum absolute atomic E-state index is 0.0543. The molecule has 3 rings (SSSR count). The zero-order chi connectivity index (χ0) is 27.0. The van der Waals surface area contributed by atoms with E-state index in [1.165, 1.54) is 17.0 Å². The van der Waals surface area contributed by atoms with Crippen LogP contribution in [-0.2, 0) is 26.2 Å².